The molecule has 3 nitrogen and oxygen atoms in total. The van der Waals surface area contributed by atoms with E-state index in [4.69, 9.17) is 0 Å². The Balaban J connectivity index is 2.17. The molecule has 4 heteroatoms. The number of carbonyl (C=O) groups is 1. The number of fused-ring (bicyclic) bond motifs is 2. The van der Waals surface area contributed by atoms with Gasteiger partial charge in [0.2, 0.25) is 5.91 Å². The van der Waals surface area contributed by atoms with E-state index in [1.165, 1.54) is 0 Å². The summed E-state index contributed by atoms with van der Waals surface area (Å²) in [6.45, 7) is 0.337. The molecule has 3 rings (SSSR count). The first kappa shape index (κ1) is 9.54. The highest BCUT2D eigenvalue weighted by molar-refractivity contribution is 6.08. The van der Waals surface area contributed by atoms with Crippen LogP contribution in [0.25, 0.3) is 0 Å². The summed E-state index contributed by atoms with van der Waals surface area (Å²) in [4.78, 5) is 12.0. The summed E-state index contributed by atoms with van der Waals surface area (Å²) < 4.78 is 13.3. The number of hydrogen-bond donors (Lipinski definition) is 1. The van der Waals surface area contributed by atoms with Crippen LogP contribution in [0.3, 0.4) is 0 Å². The number of benzene rings is 1. The van der Waals surface area contributed by atoms with Crippen LogP contribution in [0.4, 0.5) is 10.2 Å². The lowest BCUT2D eigenvalue weighted by atomic mass is 9.80. The molecule has 0 fully saturated rings. The molecule has 0 radical (unpaired) electrons. The molecule has 0 saturated carbocycles. The van der Waals surface area contributed by atoms with Crippen LogP contribution in [-0.2, 0) is 10.2 Å². The van der Waals surface area contributed by atoms with Gasteiger partial charge in [-0.3, -0.25) is 4.79 Å². The maximum absolute atomic E-state index is 13.3. The molecule has 1 amide bonds. The van der Waals surface area contributed by atoms with E-state index in [-0.39, 0.29) is 19.0 Å². The monoisotopic (exact) mass is 218 g/mol. The second-order valence-corrected chi connectivity index (χ2v) is 4.18. The fourth-order valence-corrected chi connectivity index (χ4v) is 2.42. The Morgan fingerprint density at radius 1 is 1.38 bits per heavy atom. The molecule has 1 aromatic carbocycles. The molecular weight excluding hydrogens is 207 g/mol. The van der Waals surface area contributed by atoms with Crippen molar-refractivity contribution in [1.29, 1.82) is 0 Å². The number of hydrogen-bond acceptors (Lipinski definition) is 2. The molecule has 0 aromatic heterocycles. The smallest absolute Gasteiger partial charge is 0.240 e. The zero-order valence-electron chi connectivity index (χ0n) is 8.61. The minimum atomic E-state index is -0.844. The lowest BCUT2D eigenvalue weighted by Gasteiger charge is -2.29. The largest absolute Gasteiger partial charge is 0.325 e. The number of carbonyl (C=O) groups excluding carboxylic acids is 1. The highest BCUT2D eigenvalue weighted by Crippen LogP contribution is 2.40. The first-order valence-electron chi connectivity index (χ1n) is 5.22. The summed E-state index contributed by atoms with van der Waals surface area (Å²) in [6, 6.07) is 7.44. The van der Waals surface area contributed by atoms with Crippen molar-refractivity contribution in [2.45, 2.75) is 5.41 Å². The van der Waals surface area contributed by atoms with Crippen LogP contribution in [-0.4, -0.2) is 24.1 Å². The first-order valence-corrected chi connectivity index (χ1v) is 5.22. The van der Waals surface area contributed by atoms with Gasteiger partial charge < -0.3 is 5.32 Å². The minimum absolute atomic E-state index is 0.0896. The number of nitrogens with zero attached hydrogens (tertiary/aromatic N) is 1. The predicted molar refractivity (Wildman–Crippen MR) is 58.6 cm³/mol. The van der Waals surface area contributed by atoms with Crippen molar-refractivity contribution >= 4 is 11.6 Å². The highest BCUT2D eigenvalue weighted by atomic mass is 19.2. The molecule has 2 aliphatic rings. The van der Waals surface area contributed by atoms with Gasteiger partial charge in [0.05, 0.1) is 6.54 Å². The molecule has 16 heavy (non-hydrogen) atoms. The average molecular weight is 218 g/mol. The number of para-hydroxylation sites is 1. The van der Waals surface area contributed by atoms with Gasteiger partial charge in [0.1, 0.15) is 5.41 Å². The molecule has 1 atom stereocenters. The third kappa shape index (κ3) is 1.13. The van der Waals surface area contributed by atoms with Gasteiger partial charge in [-0.25, -0.2) is 0 Å². The summed E-state index contributed by atoms with van der Waals surface area (Å²) in [6.07, 6.45) is 3.51. The summed E-state index contributed by atoms with van der Waals surface area (Å²) in [7, 11) is 0. The van der Waals surface area contributed by atoms with Gasteiger partial charge in [-0.2, -0.15) is 0 Å². The van der Waals surface area contributed by atoms with Crippen molar-refractivity contribution in [3.8, 4) is 0 Å². The Morgan fingerprint density at radius 2 is 2.19 bits per heavy atom. The van der Waals surface area contributed by atoms with Gasteiger partial charge in [-0.05, 0) is 11.6 Å². The Bertz CT molecular complexity index is 486. The lowest BCUT2D eigenvalue weighted by Crippen LogP contribution is -2.44. The van der Waals surface area contributed by atoms with Crippen molar-refractivity contribution in [1.82, 2.24) is 5.12 Å². The van der Waals surface area contributed by atoms with Crippen LogP contribution in [0.15, 0.2) is 36.4 Å². The van der Waals surface area contributed by atoms with Crippen molar-refractivity contribution < 1.29 is 9.28 Å². The zero-order valence-corrected chi connectivity index (χ0v) is 8.61. The van der Waals surface area contributed by atoms with E-state index >= 15 is 0 Å². The van der Waals surface area contributed by atoms with Crippen LogP contribution in [0.1, 0.15) is 5.56 Å². The molecule has 82 valence electrons. The topological polar surface area (TPSA) is 32.3 Å². The van der Waals surface area contributed by atoms with Crippen LogP contribution in [0, 0.1) is 0 Å². The molecule has 1 aromatic rings. The maximum Gasteiger partial charge on any atom is 0.240 e. The average Bonchev–Trinajstić information content (AvgIpc) is 2.53. The van der Waals surface area contributed by atoms with E-state index in [2.05, 4.69) is 5.32 Å². The first-order chi connectivity index (χ1) is 7.72. The lowest BCUT2D eigenvalue weighted by molar-refractivity contribution is -0.122. The second-order valence-electron chi connectivity index (χ2n) is 4.18. The predicted octanol–water partition coefficient (Wildman–Crippen LogP) is 1.63. The molecule has 2 heterocycles. The number of nitrogens with one attached hydrogen (secondary N) is 1. The van der Waals surface area contributed by atoms with Crippen LogP contribution < -0.4 is 5.32 Å². The van der Waals surface area contributed by atoms with Gasteiger partial charge in [0.25, 0.3) is 0 Å². The van der Waals surface area contributed by atoms with E-state index < -0.39 is 5.41 Å². The molecule has 1 N–H and O–H groups in total. The third-order valence-electron chi connectivity index (χ3n) is 3.19. The van der Waals surface area contributed by atoms with E-state index in [9.17, 15) is 9.28 Å². The maximum atomic E-state index is 13.3. The van der Waals surface area contributed by atoms with Gasteiger partial charge in [0, 0.05) is 12.2 Å². The van der Waals surface area contributed by atoms with Gasteiger partial charge in [0.15, 0.2) is 0 Å². The summed E-state index contributed by atoms with van der Waals surface area (Å²) in [5.74, 6) is -0.146. The van der Waals surface area contributed by atoms with Gasteiger partial charge >= 0.3 is 0 Å². The number of halogens is 1. The molecule has 0 aliphatic carbocycles. The Hall–Kier alpha value is -1.68. The molecule has 2 aliphatic heterocycles. The van der Waals surface area contributed by atoms with E-state index in [1.807, 2.05) is 30.3 Å². The quantitative estimate of drug-likeness (QED) is 0.530. The van der Waals surface area contributed by atoms with Gasteiger partial charge in [-0.15, -0.1) is 9.60 Å². The van der Waals surface area contributed by atoms with Crippen molar-refractivity contribution in [3.05, 3.63) is 42.0 Å². The number of rotatable bonds is 0. The summed E-state index contributed by atoms with van der Waals surface area (Å²) in [5, 5.41) is 3.46. The summed E-state index contributed by atoms with van der Waals surface area (Å²) in [5.41, 5.74) is 0.801. The molecule has 0 bridgehead atoms. The summed E-state index contributed by atoms with van der Waals surface area (Å²) >= 11 is 0. The molecule has 0 unspecified atom stereocenters. The van der Waals surface area contributed by atoms with E-state index in [0.29, 0.717) is 5.12 Å². The third-order valence-corrected chi connectivity index (χ3v) is 3.19. The molecule has 0 saturated heterocycles. The van der Waals surface area contributed by atoms with Gasteiger partial charge in [-0.1, -0.05) is 30.4 Å². The Morgan fingerprint density at radius 3 is 3.00 bits per heavy atom. The van der Waals surface area contributed by atoms with E-state index in [0.717, 1.165) is 11.3 Å². The van der Waals surface area contributed by atoms with E-state index in [1.54, 1.807) is 6.08 Å². The highest BCUT2D eigenvalue weighted by Gasteiger charge is 2.47. The van der Waals surface area contributed by atoms with Crippen LogP contribution in [0.2, 0.25) is 0 Å². The molecule has 1 spiro atoms. The minimum Gasteiger partial charge on any atom is -0.325 e. The fraction of sp³-hybridized carbons (Fsp3) is 0.250. The van der Waals surface area contributed by atoms with Crippen LogP contribution in [0.5, 0.6) is 0 Å². The number of amides is 1. The Labute approximate surface area is 92.5 Å². The van der Waals surface area contributed by atoms with Crippen molar-refractivity contribution in [3.63, 3.8) is 0 Å². The zero-order chi connectivity index (χ0) is 11.2. The van der Waals surface area contributed by atoms with Crippen molar-refractivity contribution in [2.24, 2.45) is 0 Å². The van der Waals surface area contributed by atoms with Crippen LogP contribution >= 0.6 is 0 Å². The molecular formula is C12H11FN2O. The fourth-order valence-electron chi connectivity index (χ4n) is 2.42. The second kappa shape index (κ2) is 3.15. The Kier molecular flexibility index (Phi) is 1.88. The van der Waals surface area contributed by atoms with Crippen molar-refractivity contribution in [2.75, 3.05) is 18.4 Å². The SMILES string of the molecule is O=C1Nc2ccccc2[C@]12C=CCN(F)C2. The standard InChI is InChI=1S/C12H11FN2O/c13-15-7-3-6-12(8-15)9-4-1-2-5-10(9)14-11(12)16/h1-6H,7-8H2,(H,14,16)/t12-/m1/s1. The normalized spacial score (nSPS) is 28.2. The number of anilines is 1.